The van der Waals surface area contributed by atoms with Crippen LogP contribution in [0.4, 0.5) is 5.95 Å². The molecule has 1 saturated carbocycles. The number of rotatable bonds is 6. The minimum Gasteiger partial charge on any atom is -0.494 e. The Morgan fingerprint density at radius 2 is 2.09 bits per heavy atom. The molecule has 0 unspecified atom stereocenters. The van der Waals surface area contributed by atoms with Gasteiger partial charge in [0, 0.05) is 12.4 Å². The zero-order chi connectivity index (χ0) is 16.1. The molecule has 5 heteroatoms. The summed E-state index contributed by atoms with van der Waals surface area (Å²) in [4.78, 5) is 8.80. The van der Waals surface area contributed by atoms with Crippen LogP contribution >= 0.6 is 0 Å². The molecule has 120 valence electrons. The quantitative estimate of drug-likeness (QED) is 0.892. The highest BCUT2D eigenvalue weighted by Crippen LogP contribution is 2.22. The molecule has 0 aliphatic heterocycles. The Hall–Kier alpha value is -2.56. The molecule has 1 aromatic carbocycles. The van der Waals surface area contributed by atoms with Gasteiger partial charge in [-0.2, -0.15) is 4.98 Å². The first-order chi connectivity index (χ1) is 11.2. The number of nitrogens with two attached hydrogens (primary N) is 1. The molecule has 0 saturated heterocycles. The Bertz CT molecular complexity index is 742. The molecule has 1 aliphatic carbocycles. The minimum absolute atomic E-state index is 0.436. The van der Waals surface area contributed by atoms with Crippen LogP contribution in [0, 0.1) is 0 Å². The minimum atomic E-state index is 0.436. The second kappa shape index (κ2) is 7.13. The first-order valence-electron chi connectivity index (χ1n) is 8.04. The summed E-state index contributed by atoms with van der Waals surface area (Å²) in [6, 6.07) is 10.3. The molecular formula is C18H22N4O. The van der Waals surface area contributed by atoms with Crippen molar-refractivity contribution >= 4 is 18.2 Å². The molecule has 0 amide bonds. The van der Waals surface area contributed by atoms with E-state index in [9.17, 15) is 0 Å². The maximum atomic E-state index is 5.98. The van der Waals surface area contributed by atoms with E-state index in [1.807, 2.05) is 48.8 Å². The summed E-state index contributed by atoms with van der Waals surface area (Å²) in [6.45, 7) is 2.83. The number of nitrogens with zero attached hydrogens (tertiary/aromatic N) is 3. The van der Waals surface area contributed by atoms with Crippen LogP contribution in [0.5, 0.6) is 5.75 Å². The van der Waals surface area contributed by atoms with E-state index in [0.717, 1.165) is 37.2 Å². The van der Waals surface area contributed by atoms with Gasteiger partial charge >= 0.3 is 0 Å². The third-order valence-electron chi connectivity index (χ3n) is 3.52. The summed E-state index contributed by atoms with van der Waals surface area (Å²) in [5.74, 6) is 1.33. The average Bonchev–Trinajstić information content (AvgIpc) is 3.37. The number of ether oxygens (including phenoxy) is 1. The molecule has 2 N–H and O–H groups in total. The monoisotopic (exact) mass is 310 g/mol. The number of anilines is 1. The summed E-state index contributed by atoms with van der Waals surface area (Å²) < 4.78 is 7.36. The van der Waals surface area contributed by atoms with E-state index in [1.165, 1.54) is 0 Å². The zero-order valence-electron chi connectivity index (χ0n) is 13.4. The van der Waals surface area contributed by atoms with Gasteiger partial charge in [-0.25, -0.2) is 0 Å². The lowest BCUT2D eigenvalue weighted by Gasteiger charge is -2.05. The molecule has 0 spiro atoms. The van der Waals surface area contributed by atoms with Crippen LogP contribution in [-0.4, -0.2) is 22.2 Å². The number of hydrogen-bond acceptors (Lipinski definition) is 4. The van der Waals surface area contributed by atoms with E-state index >= 15 is 0 Å². The van der Waals surface area contributed by atoms with E-state index in [0.29, 0.717) is 17.5 Å². The van der Waals surface area contributed by atoms with Crippen molar-refractivity contribution in [2.75, 3.05) is 12.3 Å². The van der Waals surface area contributed by atoms with Crippen molar-refractivity contribution in [2.45, 2.75) is 32.2 Å². The zero-order valence-corrected chi connectivity index (χ0v) is 13.4. The van der Waals surface area contributed by atoms with Crippen molar-refractivity contribution in [2.24, 2.45) is 4.99 Å². The van der Waals surface area contributed by atoms with Crippen LogP contribution in [0.2, 0.25) is 0 Å². The lowest BCUT2D eigenvalue weighted by atomic mass is 10.2. The normalized spacial score (nSPS) is 15.3. The first kappa shape index (κ1) is 15.3. The molecule has 0 radical (unpaired) electrons. The smallest absolute Gasteiger partial charge is 0.206 e. The SMILES string of the molecule is CCCOc1ccc(/C=C/n2ccc(=NC3CC3)nc2N)cc1. The van der Waals surface area contributed by atoms with Gasteiger partial charge in [0.05, 0.1) is 12.6 Å². The molecule has 1 fully saturated rings. The van der Waals surface area contributed by atoms with E-state index in [1.54, 1.807) is 4.57 Å². The van der Waals surface area contributed by atoms with Gasteiger partial charge < -0.3 is 10.5 Å². The van der Waals surface area contributed by atoms with Gasteiger partial charge in [0.1, 0.15) is 5.75 Å². The van der Waals surface area contributed by atoms with Gasteiger partial charge in [-0.1, -0.05) is 19.1 Å². The van der Waals surface area contributed by atoms with Gasteiger partial charge in [0.15, 0.2) is 5.49 Å². The van der Waals surface area contributed by atoms with Gasteiger partial charge in [-0.15, -0.1) is 0 Å². The molecule has 0 atom stereocenters. The van der Waals surface area contributed by atoms with E-state index in [4.69, 9.17) is 10.5 Å². The van der Waals surface area contributed by atoms with E-state index in [-0.39, 0.29) is 0 Å². The Morgan fingerprint density at radius 1 is 1.30 bits per heavy atom. The fourth-order valence-electron chi connectivity index (χ4n) is 2.09. The van der Waals surface area contributed by atoms with Crippen molar-refractivity contribution in [1.82, 2.24) is 9.55 Å². The fourth-order valence-corrected chi connectivity index (χ4v) is 2.09. The van der Waals surface area contributed by atoms with E-state index in [2.05, 4.69) is 16.9 Å². The summed E-state index contributed by atoms with van der Waals surface area (Å²) in [5, 5.41) is 0. The topological polar surface area (TPSA) is 65.4 Å². The summed E-state index contributed by atoms with van der Waals surface area (Å²) >= 11 is 0. The average molecular weight is 310 g/mol. The van der Waals surface area contributed by atoms with Crippen LogP contribution in [0.1, 0.15) is 31.7 Å². The molecule has 2 aromatic rings. The highest BCUT2D eigenvalue weighted by molar-refractivity contribution is 5.62. The lowest BCUT2D eigenvalue weighted by Crippen LogP contribution is -2.15. The number of nitrogen functional groups attached to an aromatic ring is 1. The van der Waals surface area contributed by atoms with Crippen LogP contribution < -0.4 is 16.0 Å². The second-order valence-corrected chi connectivity index (χ2v) is 5.64. The molecule has 23 heavy (non-hydrogen) atoms. The van der Waals surface area contributed by atoms with Crippen LogP contribution in [0.25, 0.3) is 12.3 Å². The number of benzene rings is 1. The van der Waals surface area contributed by atoms with Gasteiger partial charge in [-0.3, -0.25) is 9.56 Å². The Kier molecular flexibility index (Phi) is 4.76. The first-order valence-corrected chi connectivity index (χ1v) is 8.04. The fraction of sp³-hybridized carbons (Fsp3) is 0.333. The largest absolute Gasteiger partial charge is 0.494 e. The van der Waals surface area contributed by atoms with Crippen molar-refractivity contribution in [3.63, 3.8) is 0 Å². The van der Waals surface area contributed by atoms with Gasteiger partial charge in [0.25, 0.3) is 0 Å². The molecule has 5 nitrogen and oxygen atoms in total. The molecule has 1 aromatic heterocycles. The van der Waals surface area contributed by atoms with Crippen molar-refractivity contribution in [3.05, 3.63) is 47.6 Å². The summed E-state index contributed by atoms with van der Waals surface area (Å²) in [6.07, 6.45) is 9.10. The van der Waals surface area contributed by atoms with Crippen LogP contribution in [0.15, 0.2) is 41.5 Å². The summed E-state index contributed by atoms with van der Waals surface area (Å²) in [5.41, 5.74) is 7.77. The van der Waals surface area contributed by atoms with Crippen LogP contribution in [0.3, 0.4) is 0 Å². The Balaban J connectivity index is 1.69. The third-order valence-corrected chi connectivity index (χ3v) is 3.52. The van der Waals surface area contributed by atoms with E-state index < -0.39 is 0 Å². The Labute approximate surface area is 136 Å². The highest BCUT2D eigenvalue weighted by atomic mass is 16.5. The van der Waals surface area contributed by atoms with Crippen molar-refractivity contribution < 1.29 is 4.74 Å². The molecule has 1 aliphatic rings. The molecule has 3 rings (SSSR count). The summed E-state index contributed by atoms with van der Waals surface area (Å²) in [7, 11) is 0. The Morgan fingerprint density at radius 3 is 2.74 bits per heavy atom. The third kappa shape index (κ3) is 4.45. The second-order valence-electron chi connectivity index (χ2n) is 5.64. The van der Waals surface area contributed by atoms with Crippen molar-refractivity contribution in [3.8, 4) is 5.75 Å². The predicted molar refractivity (Wildman–Crippen MR) is 92.7 cm³/mol. The maximum absolute atomic E-state index is 5.98. The molecule has 0 bridgehead atoms. The van der Waals surface area contributed by atoms with Crippen LogP contribution in [-0.2, 0) is 0 Å². The lowest BCUT2D eigenvalue weighted by molar-refractivity contribution is 0.317. The van der Waals surface area contributed by atoms with Gasteiger partial charge in [-0.05, 0) is 49.1 Å². The number of hydrogen-bond donors (Lipinski definition) is 1. The molecule has 1 heterocycles. The molecular weight excluding hydrogens is 288 g/mol. The standard InChI is InChI=1S/C18H22N4O/c1-2-13-23-16-7-3-14(4-8-16)9-11-22-12-10-17(21-18(22)19)20-15-5-6-15/h3-4,7-12,15H,2,5-6,13H2,1H3,(H2,19,20,21)/b11-9+. The van der Waals surface area contributed by atoms with Gasteiger partial charge in [0.2, 0.25) is 5.95 Å². The number of aromatic nitrogens is 2. The predicted octanol–water partition coefficient (Wildman–Crippen LogP) is 2.95. The van der Waals surface area contributed by atoms with Crippen molar-refractivity contribution in [1.29, 1.82) is 0 Å². The highest BCUT2D eigenvalue weighted by Gasteiger charge is 2.19. The maximum Gasteiger partial charge on any atom is 0.206 e.